The molecule has 4 rings (SSSR count). The first-order chi connectivity index (χ1) is 14.1. The molecular weight excluding hydrogens is 406 g/mol. The average molecular weight is 427 g/mol. The summed E-state index contributed by atoms with van der Waals surface area (Å²) < 4.78 is 16.2. The Hall–Kier alpha value is -2.33. The second-order valence-electron chi connectivity index (χ2n) is 7.05. The van der Waals surface area contributed by atoms with Gasteiger partial charge < -0.3 is 9.88 Å². The number of nitrogens with zero attached hydrogens (tertiary/aromatic N) is 1. The van der Waals surface area contributed by atoms with Crippen LogP contribution in [0.5, 0.6) is 0 Å². The lowest BCUT2D eigenvalue weighted by Crippen LogP contribution is -2.16. The molecule has 0 saturated heterocycles. The van der Waals surface area contributed by atoms with Gasteiger partial charge in [-0.25, -0.2) is 4.39 Å². The molecule has 0 aliphatic rings. The normalized spacial score (nSPS) is 11.3. The van der Waals surface area contributed by atoms with Crippen LogP contribution in [-0.4, -0.2) is 11.1 Å². The maximum atomic E-state index is 14.1. The van der Waals surface area contributed by atoms with Gasteiger partial charge in [0.1, 0.15) is 5.82 Å². The molecule has 0 bridgehead atoms. The first kappa shape index (κ1) is 20.0. The van der Waals surface area contributed by atoms with Gasteiger partial charge in [-0.3, -0.25) is 0 Å². The van der Waals surface area contributed by atoms with Gasteiger partial charge in [0.05, 0.1) is 6.54 Å². The first-order valence-corrected chi connectivity index (χ1v) is 10.3. The average Bonchev–Trinajstić information content (AvgIpc) is 3.06. The minimum Gasteiger partial charge on any atom is -0.343 e. The number of nitrogens with one attached hydrogen (secondary N) is 1. The number of hydrogen-bond acceptors (Lipinski definition) is 1. The van der Waals surface area contributed by atoms with Crippen LogP contribution in [0.4, 0.5) is 4.39 Å². The fourth-order valence-electron chi connectivity index (χ4n) is 3.58. The molecule has 0 aliphatic carbocycles. The monoisotopic (exact) mass is 426 g/mol. The van der Waals surface area contributed by atoms with Gasteiger partial charge in [-0.2, -0.15) is 0 Å². The molecule has 0 spiro atoms. The smallest absolute Gasteiger partial charge is 0.128 e. The molecule has 1 heterocycles. The lowest BCUT2D eigenvalue weighted by atomic mass is 10.1. The van der Waals surface area contributed by atoms with Crippen LogP contribution in [0.2, 0.25) is 10.0 Å². The van der Waals surface area contributed by atoms with Crippen molar-refractivity contribution >= 4 is 34.1 Å². The van der Waals surface area contributed by atoms with Crippen molar-refractivity contribution in [2.45, 2.75) is 19.5 Å². The number of para-hydroxylation sites is 1. The predicted molar refractivity (Wildman–Crippen MR) is 119 cm³/mol. The van der Waals surface area contributed by atoms with Crippen LogP contribution in [0.15, 0.2) is 72.9 Å². The standard InChI is InChI=1S/C24H21Cl2FN2/c25-20-10-9-17(22(26)13-20)11-12-28-14-19-16-29(24-8-4-2-6-21(19)24)15-18-5-1-3-7-23(18)27/h1-10,13,16,28H,11-12,14-15H2. The molecule has 0 atom stereocenters. The van der Waals surface area contributed by atoms with Crippen LogP contribution < -0.4 is 5.32 Å². The third-order valence-corrected chi connectivity index (χ3v) is 5.66. The van der Waals surface area contributed by atoms with Crippen LogP contribution in [0.1, 0.15) is 16.7 Å². The fourth-order valence-corrected chi connectivity index (χ4v) is 4.08. The lowest BCUT2D eigenvalue weighted by molar-refractivity contribution is 0.601. The van der Waals surface area contributed by atoms with Crippen LogP contribution in [-0.2, 0) is 19.5 Å². The van der Waals surface area contributed by atoms with E-state index in [0.29, 0.717) is 22.2 Å². The Morgan fingerprint density at radius 3 is 2.48 bits per heavy atom. The molecule has 3 aromatic carbocycles. The van der Waals surface area contributed by atoms with E-state index in [9.17, 15) is 4.39 Å². The van der Waals surface area contributed by atoms with E-state index >= 15 is 0 Å². The van der Waals surface area contributed by atoms with E-state index in [2.05, 4.69) is 28.2 Å². The van der Waals surface area contributed by atoms with Gasteiger partial charge >= 0.3 is 0 Å². The van der Waals surface area contributed by atoms with Gasteiger partial charge in [0.15, 0.2) is 0 Å². The predicted octanol–water partition coefficient (Wildman–Crippen LogP) is 6.47. The second kappa shape index (κ2) is 9.00. The molecule has 0 aliphatic heterocycles. The van der Waals surface area contributed by atoms with E-state index in [4.69, 9.17) is 23.2 Å². The van der Waals surface area contributed by atoms with E-state index in [1.165, 1.54) is 17.0 Å². The molecular formula is C24H21Cl2FN2. The minimum absolute atomic E-state index is 0.176. The second-order valence-corrected chi connectivity index (χ2v) is 7.90. The minimum atomic E-state index is -0.176. The summed E-state index contributed by atoms with van der Waals surface area (Å²) in [5.41, 5.74) is 4.06. The first-order valence-electron chi connectivity index (χ1n) is 9.56. The molecule has 1 aromatic heterocycles. The van der Waals surface area contributed by atoms with Crippen molar-refractivity contribution in [1.82, 2.24) is 9.88 Å². The molecule has 4 aromatic rings. The molecule has 5 heteroatoms. The summed E-state index contributed by atoms with van der Waals surface area (Å²) in [5, 5.41) is 6.02. The summed E-state index contributed by atoms with van der Waals surface area (Å²) in [4.78, 5) is 0. The summed E-state index contributed by atoms with van der Waals surface area (Å²) in [6.45, 7) is 2.04. The molecule has 0 saturated carbocycles. The van der Waals surface area contributed by atoms with E-state index in [1.807, 2.05) is 36.4 Å². The summed E-state index contributed by atoms with van der Waals surface area (Å²) in [6, 6.07) is 20.8. The number of hydrogen-bond donors (Lipinski definition) is 1. The van der Waals surface area contributed by atoms with Crippen molar-refractivity contribution < 1.29 is 4.39 Å². The zero-order valence-corrected chi connectivity index (χ0v) is 17.3. The maximum absolute atomic E-state index is 14.1. The number of halogens is 3. The van der Waals surface area contributed by atoms with Gasteiger partial charge in [0, 0.05) is 39.3 Å². The van der Waals surface area contributed by atoms with Crippen LogP contribution >= 0.6 is 23.2 Å². The van der Waals surface area contributed by atoms with Crippen LogP contribution in [0.25, 0.3) is 10.9 Å². The van der Waals surface area contributed by atoms with Gasteiger partial charge in [-0.1, -0.05) is 65.7 Å². The van der Waals surface area contributed by atoms with E-state index in [1.54, 1.807) is 12.1 Å². The van der Waals surface area contributed by atoms with Crippen molar-refractivity contribution in [3.8, 4) is 0 Å². The molecule has 29 heavy (non-hydrogen) atoms. The van der Waals surface area contributed by atoms with Crippen molar-refractivity contribution in [3.05, 3.63) is 105 Å². The largest absolute Gasteiger partial charge is 0.343 e. The summed E-state index contributed by atoms with van der Waals surface area (Å²) in [5.74, 6) is -0.176. The van der Waals surface area contributed by atoms with Gasteiger partial charge in [0.2, 0.25) is 0 Å². The summed E-state index contributed by atoms with van der Waals surface area (Å²) >= 11 is 12.2. The number of fused-ring (bicyclic) bond motifs is 1. The van der Waals surface area contributed by atoms with Crippen molar-refractivity contribution in [2.24, 2.45) is 0 Å². The SMILES string of the molecule is Fc1ccccc1Cn1cc(CNCCc2ccc(Cl)cc2Cl)c2ccccc21. The van der Waals surface area contributed by atoms with Gasteiger partial charge in [0.25, 0.3) is 0 Å². The topological polar surface area (TPSA) is 17.0 Å². The lowest BCUT2D eigenvalue weighted by Gasteiger charge is -2.07. The Morgan fingerprint density at radius 1 is 0.862 bits per heavy atom. The quantitative estimate of drug-likeness (QED) is 0.335. The van der Waals surface area contributed by atoms with Crippen LogP contribution in [0, 0.1) is 5.82 Å². The Morgan fingerprint density at radius 2 is 1.66 bits per heavy atom. The van der Waals surface area contributed by atoms with Crippen molar-refractivity contribution in [1.29, 1.82) is 0 Å². The number of rotatable bonds is 7. The van der Waals surface area contributed by atoms with E-state index in [0.717, 1.165) is 30.6 Å². The van der Waals surface area contributed by atoms with Crippen molar-refractivity contribution in [3.63, 3.8) is 0 Å². The third-order valence-electron chi connectivity index (χ3n) is 5.07. The van der Waals surface area contributed by atoms with Gasteiger partial charge in [-0.15, -0.1) is 0 Å². The zero-order valence-electron chi connectivity index (χ0n) is 15.8. The highest BCUT2D eigenvalue weighted by atomic mass is 35.5. The Kier molecular flexibility index (Phi) is 6.19. The number of benzene rings is 3. The molecule has 0 fully saturated rings. The Bertz CT molecular complexity index is 1140. The molecule has 148 valence electrons. The summed E-state index contributed by atoms with van der Waals surface area (Å²) in [6.07, 6.45) is 2.93. The van der Waals surface area contributed by atoms with Crippen LogP contribution in [0.3, 0.4) is 0 Å². The molecule has 1 N–H and O–H groups in total. The van der Waals surface area contributed by atoms with Gasteiger partial charge in [-0.05, 0) is 48.4 Å². The molecule has 0 unspecified atom stereocenters. The molecule has 2 nitrogen and oxygen atoms in total. The molecule has 0 amide bonds. The zero-order chi connectivity index (χ0) is 20.2. The maximum Gasteiger partial charge on any atom is 0.128 e. The highest BCUT2D eigenvalue weighted by Gasteiger charge is 2.10. The van der Waals surface area contributed by atoms with E-state index < -0.39 is 0 Å². The fraction of sp³-hybridized carbons (Fsp3) is 0.167. The molecule has 0 radical (unpaired) electrons. The third kappa shape index (κ3) is 4.64. The van der Waals surface area contributed by atoms with E-state index in [-0.39, 0.29) is 5.82 Å². The summed E-state index contributed by atoms with van der Waals surface area (Å²) in [7, 11) is 0. The Labute approximate surface area is 179 Å². The highest BCUT2D eigenvalue weighted by molar-refractivity contribution is 6.35. The Balaban J connectivity index is 1.47. The highest BCUT2D eigenvalue weighted by Crippen LogP contribution is 2.24. The van der Waals surface area contributed by atoms with Crippen molar-refractivity contribution in [2.75, 3.05) is 6.54 Å². The number of aromatic nitrogens is 1.